The van der Waals surface area contributed by atoms with E-state index in [4.69, 9.17) is 15.2 Å². The quantitative estimate of drug-likeness (QED) is 0.811. The molecular formula is C18H26N4O2. The van der Waals surface area contributed by atoms with Crippen LogP contribution in [0.3, 0.4) is 0 Å². The van der Waals surface area contributed by atoms with Crippen molar-refractivity contribution in [1.82, 2.24) is 9.97 Å². The first-order chi connectivity index (χ1) is 11.5. The van der Waals surface area contributed by atoms with Gasteiger partial charge in [0.15, 0.2) is 5.82 Å². The fourth-order valence-electron chi connectivity index (χ4n) is 2.65. The molecule has 1 aromatic heterocycles. The van der Waals surface area contributed by atoms with Gasteiger partial charge in [-0.1, -0.05) is 6.92 Å². The third kappa shape index (κ3) is 3.76. The van der Waals surface area contributed by atoms with Gasteiger partial charge in [-0.15, -0.1) is 0 Å². The maximum atomic E-state index is 6.34. The van der Waals surface area contributed by atoms with Crippen molar-refractivity contribution in [3.63, 3.8) is 0 Å². The predicted octanol–water partition coefficient (Wildman–Crippen LogP) is 3.19. The van der Waals surface area contributed by atoms with Crippen LogP contribution in [-0.2, 0) is 4.74 Å². The van der Waals surface area contributed by atoms with E-state index in [0.717, 1.165) is 34.6 Å². The summed E-state index contributed by atoms with van der Waals surface area (Å²) in [5.74, 6) is 1.49. The van der Waals surface area contributed by atoms with Crippen LogP contribution in [0.5, 0.6) is 5.75 Å². The van der Waals surface area contributed by atoms with Gasteiger partial charge in [-0.3, -0.25) is 0 Å². The second kappa shape index (κ2) is 7.97. The van der Waals surface area contributed by atoms with Gasteiger partial charge in [-0.25, -0.2) is 9.97 Å². The van der Waals surface area contributed by atoms with Crippen molar-refractivity contribution in [3.8, 4) is 17.0 Å². The number of nitrogens with one attached hydrogen (secondary N) is 1. The van der Waals surface area contributed by atoms with Crippen LogP contribution in [0, 0.1) is 13.8 Å². The Morgan fingerprint density at radius 2 is 1.92 bits per heavy atom. The van der Waals surface area contributed by atoms with Crippen molar-refractivity contribution < 1.29 is 9.47 Å². The minimum atomic E-state index is 0.152. The number of aromatic nitrogens is 2. The van der Waals surface area contributed by atoms with E-state index in [-0.39, 0.29) is 6.04 Å². The summed E-state index contributed by atoms with van der Waals surface area (Å²) in [6.45, 7) is 6.71. The molecule has 6 nitrogen and oxygen atoms in total. The van der Waals surface area contributed by atoms with Crippen LogP contribution >= 0.6 is 0 Å². The molecule has 1 heterocycles. The largest absolute Gasteiger partial charge is 0.496 e. The van der Waals surface area contributed by atoms with E-state index >= 15 is 0 Å². The third-order valence-corrected chi connectivity index (χ3v) is 4.08. The number of hydrogen-bond acceptors (Lipinski definition) is 6. The molecule has 0 aliphatic rings. The molecule has 0 fully saturated rings. The molecule has 0 bridgehead atoms. The van der Waals surface area contributed by atoms with Gasteiger partial charge in [0, 0.05) is 12.7 Å². The van der Waals surface area contributed by atoms with E-state index in [0.29, 0.717) is 18.1 Å². The summed E-state index contributed by atoms with van der Waals surface area (Å²) in [4.78, 5) is 8.69. The van der Waals surface area contributed by atoms with E-state index in [1.807, 2.05) is 26.0 Å². The molecule has 0 saturated heterocycles. The molecule has 2 rings (SSSR count). The number of anilines is 2. The molecule has 0 unspecified atom stereocenters. The molecule has 0 aliphatic carbocycles. The zero-order valence-electron chi connectivity index (χ0n) is 15.0. The molecule has 2 aromatic rings. The summed E-state index contributed by atoms with van der Waals surface area (Å²) >= 11 is 0. The van der Waals surface area contributed by atoms with Crippen LogP contribution < -0.4 is 15.8 Å². The minimum Gasteiger partial charge on any atom is -0.496 e. The van der Waals surface area contributed by atoms with Crippen molar-refractivity contribution in [3.05, 3.63) is 29.6 Å². The molecule has 1 atom stereocenters. The van der Waals surface area contributed by atoms with E-state index < -0.39 is 0 Å². The number of hydrogen-bond donors (Lipinski definition) is 2. The Bertz CT molecular complexity index is 704. The third-order valence-electron chi connectivity index (χ3n) is 4.08. The maximum Gasteiger partial charge on any atom is 0.153 e. The summed E-state index contributed by atoms with van der Waals surface area (Å²) in [6.07, 6.45) is 2.44. The fourth-order valence-corrected chi connectivity index (χ4v) is 2.65. The Labute approximate surface area is 143 Å². The fraction of sp³-hybridized carbons (Fsp3) is 0.444. The second-order valence-corrected chi connectivity index (χ2v) is 5.83. The lowest BCUT2D eigenvalue weighted by Gasteiger charge is -2.19. The summed E-state index contributed by atoms with van der Waals surface area (Å²) < 4.78 is 10.6. The van der Waals surface area contributed by atoms with E-state index in [2.05, 4.69) is 22.2 Å². The number of nitrogen functional groups attached to an aromatic ring is 1. The van der Waals surface area contributed by atoms with Crippen molar-refractivity contribution in [1.29, 1.82) is 0 Å². The average Bonchev–Trinajstić information content (AvgIpc) is 2.58. The summed E-state index contributed by atoms with van der Waals surface area (Å²) in [7, 11) is 3.35. The monoisotopic (exact) mass is 330 g/mol. The normalized spacial score (nSPS) is 12.0. The van der Waals surface area contributed by atoms with Gasteiger partial charge in [0.25, 0.3) is 0 Å². The van der Waals surface area contributed by atoms with Gasteiger partial charge in [-0.2, -0.15) is 0 Å². The lowest BCUT2D eigenvalue weighted by atomic mass is 10.0. The molecule has 0 amide bonds. The highest BCUT2D eigenvalue weighted by atomic mass is 16.5. The Morgan fingerprint density at radius 1 is 1.17 bits per heavy atom. The van der Waals surface area contributed by atoms with E-state index in [1.54, 1.807) is 14.2 Å². The first-order valence-electron chi connectivity index (χ1n) is 8.03. The standard InChI is InChI=1S/C18H26N4O2/c1-6-13(9-23-4)22-18-16(19)17(20-10-21-18)14-7-12(3)15(24-5)8-11(14)2/h7-8,10,13H,6,9,19H2,1-5H3,(H,20,21,22)/t13-/m1/s1. The van der Waals surface area contributed by atoms with Crippen molar-refractivity contribution in [2.75, 3.05) is 31.9 Å². The number of rotatable bonds is 7. The highest BCUT2D eigenvalue weighted by molar-refractivity contribution is 5.82. The van der Waals surface area contributed by atoms with Gasteiger partial charge in [-0.05, 0) is 43.5 Å². The number of nitrogens with zero attached hydrogens (tertiary/aromatic N) is 2. The minimum absolute atomic E-state index is 0.152. The van der Waals surface area contributed by atoms with Crippen molar-refractivity contribution in [2.45, 2.75) is 33.2 Å². The van der Waals surface area contributed by atoms with Gasteiger partial charge < -0.3 is 20.5 Å². The van der Waals surface area contributed by atoms with Gasteiger partial charge in [0.2, 0.25) is 0 Å². The Morgan fingerprint density at radius 3 is 2.54 bits per heavy atom. The molecule has 6 heteroatoms. The highest BCUT2D eigenvalue weighted by Crippen LogP contribution is 2.34. The molecule has 3 N–H and O–H groups in total. The molecule has 1 aromatic carbocycles. The van der Waals surface area contributed by atoms with Crippen LogP contribution in [-0.4, -0.2) is 36.8 Å². The topological polar surface area (TPSA) is 82.3 Å². The Hall–Kier alpha value is -2.34. The first-order valence-corrected chi connectivity index (χ1v) is 8.03. The maximum absolute atomic E-state index is 6.34. The molecule has 0 spiro atoms. The molecular weight excluding hydrogens is 304 g/mol. The number of methoxy groups -OCH3 is 2. The highest BCUT2D eigenvalue weighted by Gasteiger charge is 2.16. The van der Waals surface area contributed by atoms with Crippen LogP contribution in [0.2, 0.25) is 0 Å². The number of nitrogens with two attached hydrogens (primary N) is 1. The summed E-state index contributed by atoms with van der Waals surface area (Å²) in [5, 5.41) is 3.34. The average molecular weight is 330 g/mol. The number of ether oxygens (including phenoxy) is 2. The Balaban J connectivity index is 2.42. The number of benzene rings is 1. The van der Waals surface area contributed by atoms with Gasteiger partial charge in [0.05, 0.1) is 25.5 Å². The second-order valence-electron chi connectivity index (χ2n) is 5.83. The first kappa shape index (κ1) is 18.0. The SMILES string of the molecule is CC[C@H](COC)Nc1ncnc(-c2cc(C)c(OC)cc2C)c1N. The zero-order valence-corrected chi connectivity index (χ0v) is 15.0. The molecule has 0 aliphatic heterocycles. The van der Waals surface area contributed by atoms with Crippen molar-refractivity contribution in [2.24, 2.45) is 0 Å². The smallest absolute Gasteiger partial charge is 0.153 e. The predicted molar refractivity (Wildman–Crippen MR) is 97.5 cm³/mol. The van der Waals surface area contributed by atoms with Crippen LogP contribution in [0.25, 0.3) is 11.3 Å². The van der Waals surface area contributed by atoms with Crippen LogP contribution in [0.15, 0.2) is 18.5 Å². The molecule has 24 heavy (non-hydrogen) atoms. The van der Waals surface area contributed by atoms with Gasteiger partial charge >= 0.3 is 0 Å². The Kier molecular flexibility index (Phi) is 5.98. The van der Waals surface area contributed by atoms with E-state index in [9.17, 15) is 0 Å². The molecule has 0 radical (unpaired) electrons. The molecule has 0 saturated carbocycles. The van der Waals surface area contributed by atoms with Gasteiger partial charge in [0.1, 0.15) is 17.8 Å². The van der Waals surface area contributed by atoms with Crippen LogP contribution in [0.4, 0.5) is 11.5 Å². The lowest BCUT2D eigenvalue weighted by Crippen LogP contribution is -2.25. The zero-order chi connectivity index (χ0) is 17.7. The lowest BCUT2D eigenvalue weighted by molar-refractivity contribution is 0.184. The molecule has 130 valence electrons. The summed E-state index contributed by atoms with van der Waals surface area (Å²) in [6, 6.07) is 4.20. The number of aryl methyl sites for hydroxylation is 2. The van der Waals surface area contributed by atoms with Crippen LogP contribution in [0.1, 0.15) is 24.5 Å². The van der Waals surface area contributed by atoms with E-state index in [1.165, 1.54) is 6.33 Å². The summed E-state index contributed by atoms with van der Waals surface area (Å²) in [5.41, 5.74) is 10.7. The van der Waals surface area contributed by atoms with Crippen molar-refractivity contribution >= 4 is 11.5 Å².